The lowest BCUT2D eigenvalue weighted by Gasteiger charge is -2.29. The van der Waals surface area contributed by atoms with Gasteiger partial charge in [0.1, 0.15) is 6.61 Å². The van der Waals surface area contributed by atoms with E-state index in [-0.39, 0.29) is 24.6 Å². The fourth-order valence-corrected chi connectivity index (χ4v) is 4.34. The van der Waals surface area contributed by atoms with Crippen molar-refractivity contribution >= 4 is 17.9 Å². The second-order valence-corrected chi connectivity index (χ2v) is 7.70. The van der Waals surface area contributed by atoms with Crippen molar-refractivity contribution in [2.45, 2.75) is 24.2 Å². The van der Waals surface area contributed by atoms with Gasteiger partial charge in [-0.2, -0.15) is 0 Å². The van der Waals surface area contributed by atoms with Crippen LogP contribution in [0.15, 0.2) is 34.0 Å². The zero-order valence-electron chi connectivity index (χ0n) is 18.3. The molecule has 2 aromatic carbocycles. The first kappa shape index (κ1) is 22.8. The van der Waals surface area contributed by atoms with Crippen LogP contribution in [0.2, 0.25) is 0 Å². The first-order valence-electron chi connectivity index (χ1n) is 9.82. The van der Waals surface area contributed by atoms with Crippen LogP contribution in [-0.4, -0.2) is 47.0 Å². The Morgan fingerprint density at radius 1 is 1.06 bits per heavy atom. The van der Waals surface area contributed by atoms with Crippen molar-refractivity contribution in [1.82, 2.24) is 0 Å². The molecule has 0 aliphatic heterocycles. The van der Waals surface area contributed by atoms with Crippen molar-refractivity contribution in [3.05, 3.63) is 45.6 Å². The van der Waals surface area contributed by atoms with Crippen LogP contribution in [0.3, 0.4) is 0 Å². The number of hydrogen-bond donors (Lipinski definition) is 0. The summed E-state index contributed by atoms with van der Waals surface area (Å²) >= 11 is 1.38. The summed E-state index contributed by atoms with van der Waals surface area (Å²) in [5.74, 6) is 1.33. The maximum Gasteiger partial charge on any atom is 0.508 e. The minimum atomic E-state index is -0.729. The van der Waals surface area contributed by atoms with E-state index in [0.29, 0.717) is 28.6 Å². The van der Waals surface area contributed by atoms with Crippen LogP contribution in [0.25, 0.3) is 11.1 Å². The number of thioether (sulfide) groups is 1. The molecule has 7 nitrogen and oxygen atoms in total. The van der Waals surface area contributed by atoms with E-state index in [1.165, 1.54) is 11.8 Å². The molecule has 0 fully saturated rings. The number of carbonyl (C=O) groups excluding carboxylic acids is 1. The monoisotopic (exact) mass is 446 g/mol. The molecule has 0 spiro atoms. The lowest BCUT2D eigenvalue weighted by molar-refractivity contribution is 0.0544. The highest BCUT2D eigenvalue weighted by atomic mass is 32.2. The van der Waals surface area contributed by atoms with Gasteiger partial charge in [0.15, 0.2) is 16.9 Å². The van der Waals surface area contributed by atoms with Crippen LogP contribution in [0.1, 0.15) is 24.0 Å². The number of ether oxygens (including phenoxy) is 5. The highest BCUT2D eigenvalue weighted by molar-refractivity contribution is 7.98. The topological polar surface area (TPSA) is 80.3 Å². The van der Waals surface area contributed by atoms with Crippen LogP contribution in [-0.2, 0) is 15.9 Å². The van der Waals surface area contributed by atoms with E-state index in [2.05, 4.69) is 0 Å². The molecule has 166 valence electrons. The highest BCUT2D eigenvalue weighted by Gasteiger charge is 2.32. The Hall–Kier alpha value is -2.87. The van der Waals surface area contributed by atoms with Crippen molar-refractivity contribution in [2.24, 2.45) is 0 Å². The summed E-state index contributed by atoms with van der Waals surface area (Å²) in [6, 6.07) is 7.24. The van der Waals surface area contributed by atoms with Gasteiger partial charge in [0.05, 0.1) is 32.8 Å². The normalized spacial score (nSPS) is 14.2. The zero-order valence-corrected chi connectivity index (χ0v) is 19.1. The Balaban J connectivity index is 2.23. The van der Waals surface area contributed by atoms with Gasteiger partial charge in [-0.3, -0.25) is 4.79 Å². The summed E-state index contributed by atoms with van der Waals surface area (Å²) in [6.07, 6.45) is 1.66. The number of hydrogen-bond acceptors (Lipinski definition) is 8. The molecule has 0 saturated heterocycles. The standard InChI is InChI=1S/C23H26O7S/c1-6-29-23(25)30-12-14-9-13-10-18(26-2)21(27-3)22(28-4)20(13)15-7-8-19(31-5)17(24)11-16(14)15/h7-8,10-11,14H,6,9,12H2,1-5H3/t14-/m1/s1. The Kier molecular flexibility index (Phi) is 7.33. The molecule has 1 aliphatic rings. The molecule has 8 heteroatoms. The van der Waals surface area contributed by atoms with E-state index in [9.17, 15) is 9.59 Å². The Morgan fingerprint density at radius 3 is 2.42 bits per heavy atom. The van der Waals surface area contributed by atoms with Crippen LogP contribution >= 0.6 is 11.8 Å². The first-order valence-corrected chi connectivity index (χ1v) is 11.0. The maximum atomic E-state index is 12.8. The van der Waals surface area contributed by atoms with Gasteiger partial charge in [-0.15, -0.1) is 11.8 Å². The molecule has 0 bridgehead atoms. The molecule has 0 unspecified atom stereocenters. The molecule has 0 amide bonds. The smallest absolute Gasteiger partial charge is 0.493 e. The fraction of sp³-hybridized carbons (Fsp3) is 0.391. The minimum Gasteiger partial charge on any atom is -0.493 e. The quantitative estimate of drug-likeness (QED) is 0.461. The molecule has 2 aromatic rings. The molecular formula is C23H26O7S. The molecule has 0 heterocycles. The van der Waals surface area contributed by atoms with Crippen molar-refractivity contribution in [3.8, 4) is 28.4 Å². The Morgan fingerprint density at radius 2 is 1.81 bits per heavy atom. The molecule has 3 rings (SSSR count). The second-order valence-electron chi connectivity index (χ2n) is 6.85. The lowest BCUT2D eigenvalue weighted by atomic mass is 9.79. The van der Waals surface area contributed by atoms with Gasteiger partial charge in [-0.1, -0.05) is 6.07 Å². The second kappa shape index (κ2) is 9.96. The average Bonchev–Trinajstić information content (AvgIpc) is 2.94. The molecular weight excluding hydrogens is 420 g/mol. The van der Waals surface area contributed by atoms with Crippen molar-refractivity contribution in [2.75, 3.05) is 40.8 Å². The third kappa shape index (κ3) is 4.44. The number of rotatable bonds is 7. The number of methoxy groups -OCH3 is 3. The number of carbonyl (C=O) groups is 1. The molecule has 0 saturated carbocycles. The largest absolute Gasteiger partial charge is 0.508 e. The Labute approximate surface area is 185 Å². The van der Waals surface area contributed by atoms with Gasteiger partial charge in [-0.05, 0) is 54.5 Å². The van der Waals surface area contributed by atoms with E-state index in [1.807, 2.05) is 18.4 Å². The summed E-state index contributed by atoms with van der Waals surface area (Å²) in [4.78, 5) is 25.2. The van der Waals surface area contributed by atoms with E-state index < -0.39 is 6.16 Å². The average molecular weight is 447 g/mol. The third-order valence-corrected chi connectivity index (χ3v) is 5.99. The minimum absolute atomic E-state index is 0.0833. The first-order chi connectivity index (χ1) is 15.0. The van der Waals surface area contributed by atoms with Crippen LogP contribution in [0, 0.1) is 0 Å². The van der Waals surface area contributed by atoms with Gasteiger partial charge in [-0.25, -0.2) is 4.79 Å². The summed E-state index contributed by atoms with van der Waals surface area (Å²) in [6.45, 7) is 2.03. The van der Waals surface area contributed by atoms with Crippen LogP contribution < -0.4 is 19.6 Å². The molecule has 1 atom stereocenters. The predicted octanol–water partition coefficient (Wildman–Crippen LogP) is 4.27. The van der Waals surface area contributed by atoms with Gasteiger partial charge in [0, 0.05) is 11.5 Å². The number of benzene rings is 1. The third-order valence-electron chi connectivity index (χ3n) is 5.21. The molecule has 31 heavy (non-hydrogen) atoms. The van der Waals surface area contributed by atoms with Gasteiger partial charge >= 0.3 is 6.16 Å². The Bertz CT molecular complexity index is 1040. The van der Waals surface area contributed by atoms with Crippen molar-refractivity contribution in [1.29, 1.82) is 0 Å². The van der Waals surface area contributed by atoms with Crippen molar-refractivity contribution < 1.29 is 28.5 Å². The molecule has 0 aromatic heterocycles. The van der Waals surface area contributed by atoms with E-state index in [1.54, 1.807) is 40.4 Å². The van der Waals surface area contributed by atoms with E-state index in [0.717, 1.165) is 22.3 Å². The summed E-state index contributed by atoms with van der Waals surface area (Å²) in [7, 11) is 4.69. The van der Waals surface area contributed by atoms with Gasteiger partial charge in [0.2, 0.25) is 5.75 Å². The van der Waals surface area contributed by atoms with Crippen molar-refractivity contribution in [3.63, 3.8) is 0 Å². The maximum absolute atomic E-state index is 12.8. The summed E-state index contributed by atoms with van der Waals surface area (Å²) < 4.78 is 27.0. The van der Waals surface area contributed by atoms with Gasteiger partial charge in [0.25, 0.3) is 0 Å². The summed E-state index contributed by atoms with van der Waals surface area (Å²) in [5.41, 5.74) is 3.31. The van der Waals surface area contributed by atoms with Crippen LogP contribution in [0.5, 0.6) is 17.2 Å². The SMILES string of the molecule is CCOC(=O)OC[C@H]1Cc2cc(OC)c(OC)c(OC)c2-c2ccc(SC)c(=O)cc21. The molecule has 0 radical (unpaired) electrons. The highest BCUT2D eigenvalue weighted by Crippen LogP contribution is 2.51. The molecule has 1 aliphatic carbocycles. The predicted molar refractivity (Wildman–Crippen MR) is 119 cm³/mol. The van der Waals surface area contributed by atoms with Gasteiger partial charge < -0.3 is 23.7 Å². The van der Waals surface area contributed by atoms with E-state index >= 15 is 0 Å². The summed E-state index contributed by atoms with van der Waals surface area (Å²) in [5, 5.41) is 0. The lowest BCUT2D eigenvalue weighted by Crippen LogP contribution is -2.20. The van der Waals surface area contributed by atoms with Crippen LogP contribution in [0.4, 0.5) is 4.79 Å². The molecule has 0 N–H and O–H groups in total. The zero-order chi connectivity index (χ0) is 22.5. The van der Waals surface area contributed by atoms with E-state index in [4.69, 9.17) is 23.7 Å². The fourth-order valence-electron chi connectivity index (χ4n) is 3.88. The number of fused-ring (bicyclic) bond motifs is 3.